The first-order valence-corrected chi connectivity index (χ1v) is 5.58. The fourth-order valence-electron chi connectivity index (χ4n) is 2.12. The molecule has 3 heterocycles. The highest BCUT2D eigenvalue weighted by atomic mass is 16.5. The molecule has 0 radical (unpaired) electrons. The van der Waals surface area contributed by atoms with E-state index < -0.39 is 18.4 Å². The molecule has 0 aromatic carbocycles. The highest BCUT2D eigenvalue weighted by Crippen LogP contribution is 2.30. The lowest BCUT2D eigenvalue weighted by Gasteiger charge is -2.12. The Morgan fingerprint density at radius 3 is 3.06 bits per heavy atom. The maximum atomic E-state index is 9.70. The van der Waals surface area contributed by atoms with E-state index in [4.69, 9.17) is 15.6 Å². The van der Waals surface area contributed by atoms with E-state index in [1.165, 1.54) is 6.33 Å². The molecule has 2 aromatic rings. The van der Waals surface area contributed by atoms with E-state index in [0.717, 1.165) is 0 Å². The summed E-state index contributed by atoms with van der Waals surface area (Å²) in [6.45, 7) is -0.228. The lowest BCUT2D eigenvalue weighted by Crippen LogP contribution is -2.24. The van der Waals surface area contributed by atoms with E-state index in [1.807, 2.05) is 0 Å². The number of hydrogen-bond acceptors (Lipinski definition) is 7. The average molecular weight is 251 g/mol. The highest BCUT2D eigenvalue weighted by molar-refractivity contribution is 5.84. The van der Waals surface area contributed by atoms with Crippen LogP contribution in [0.4, 0.5) is 5.82 Å². The van der Waals surface area contributed by atoms with Crippen LogP contribution in [0.1, 0.15) is 12.6 Å². The molecular weight excluding hydrogens is 238 g/mol. The van der Waals surface area contributed by atoms with Crippen molar-refractivity contribution in [2.75, 3.05) is 12.3 Å². The first-order chi connectivity index (χ1) is 8.70. The van der Waals surface area contributed by atoms with Gasteiger partial charge in [-0.05, 0) is 0 Å². The summed E-state index contributed by atoms with van der Waals surface area (Å²) in [6, 6.07) is 0. The van der Waals surface area contributed by atoms with E-state index in [2.05, 4.69) is 15.1 Å². The van der Waals surface area contributed by atoms with E-state index in [-0.39, 0.29) is 6.61 Å². The van der Waals surface area contributed by atoms with Crippen molar-refractivity contribution in [1.29, 1.82) is 0 Å². The van der Waals surface area contributed by atoms with Gasteiger partial charge in [0.05, 0.1) is 24.3 Å². The van der Waals surface area contributed by atoms with Crippen molar-refractivity contribution in [2.45, 2.75) is 24.9 Å². The van der Waals surface area contributed by atoms with E-state index in [0.29, 0.717) is 23.3 Å². The topological polar surface area (TPSA) is 119 Å². The minimum absolute atomic E-state index is 0.228. The van der Waals surface area contributed by atoms with Crippen molar-refractivity contribution in [3.63, 3.8) is 0 Å². The van der Waals surface area contributed by atoms with Gasteiger partial charge in [0, 0.05) is 6.42 Å². The Bertz CT molecular complexity index is 572. The van der Waals surface area contributed by atoms with Gasteiger partial charge in [0.25, 0.3) is 0 Å². The molecule has 0 spiro atoms. The molecule has 0 amide bonds. The smallest absolute Gasteiger partial charge is 0.165 e. The number of nitrogens with zero attached hydrogens (tertiary/aromatic N) is 4. The van der Waals surface area contributed by atoms with Gasteiger partial charge in [0.2, 0.25) is 0 Å². The van der Waals surface area contributed by atoms with Crippen LogP contribution in [-0.2, 0) is 4.74 Å². The monoisotopic (exact) mass is 251 g/mol. The van der Waals surface area contributed by atoms with Gasteiger partial charge >= 0.3 is 0 Å². The van der Waals surface area contributed by atoms with E-state index in [9.17, 15) is 5.11 Å². The maximum absolute atomic E-state index is 9.70. The van der Waals surface area contributed by atoms with Crippen molar-refractivity contribution in [3.8, 4) is 0 Å². The Balaban J connectivity index is 1.99. The Morgan fingerprint density at radius 1 is 1.50 bits per heavy atom. The van der Waals surface area contributed by atoms with Gasteiger partial charge in [-0.3, -0.25) is 0 Å². The van der Waals surface area contributed by atoms with Gasteiger partial charge in [-0.15, -0.1) is 0 Å². The Morgan fingerprint density at radius 2 is 2.33 bits per heavy atom. The van der Waals surface area contributed by atoms with Crippen LogP contribution in [0.25, 0.3) is 11.0 Å². The Kier molecular flexibility index (Phi) is 2.62. The van der Waals surface area contributed by atoms with Crippen molar-refractivity contribution in [1.82, 2.24) is 19.7 Å². The molecule has 4 N–H and O–H groups in total. The summed E-state index contributed by atoms with van der Waals surface area (Å²) in [4.78, 5) is 7.98. The molecule has 3 rings (SSSR count). The molecular formula is C10H13N5O3. The predicted octanol–water partition coefficient (Wildman–Crippen LogP) is -0.951. The van der Waals surface area contributed by atoms with Gasteiger partial charge in [-0.25, -0.2) is 14.6 Å². The van der Waals surface area contributed by atoms with Gasteiger partial charge in [0.15, 0.2) is 11.9 Å². The number of fused-ring (bicyclic) bond motifs is 1. The SMILES string of the molecule is Nc1ncnc2c1cnn2[C@H]1C[C@H](O)[C@H](CO)O1. The third-order valence-electron chi connectivity index (χ3n) is 3.08. The van der Waals surface area contributed by atoms with Crippen molar-refractivity contribution in [2.24, 2.45) is 0 Å². The first-order valence-electron chi connectivity index (χ1n) is 5.58. The van der Waals surface area contributed by atoms with Crippen molar-refractivity contribution < 1.29 is 14.9 Å². The van der Waals surface area contributed by atoms with Gasteiger partial charge in [-0.2, -0.15) is 5.10 Å². The second-order valence-electron chi connectivity index (χ2n) is 4.20. The Labute approximate surface area is 102 Å². The van der Waals surface area contributed by atoms with Crippen LogP contribution in [0.2, 0.25) is 0 Å². The summed E-state index contributed by atoms with van der Waals surface area (Å²) in [7, 11) is 0. The van der Waals surface area contributed by atoms with Crippen LogP contribution < -0.4 is 5.73 Å². The molecule has 3 atom stereocenters. The summed E-state index contributed by atoms with van der Waals surface area (Å²) in [6.07, 6.45) is 1.51. The average Bonchev–Trinajstić information content (AvgIpc) is 2.93. The fourth-order valence-corrected chi connectivity index (χ4v) is 2.12. The number of aromatic nitrogens is 4. The third-order valence-corrected chi connectivity index (χ3v) is 3.08. The minimum Gasteiger partial charge on any atom is -0.394 e. The van der Waals surface area contributed by atoms with Crippen LogP contribution in [0.3, 0.4) is 0 Å². The zero-order valence-corrected chi connectivity index (χ0v) is 9.47. The van der Waals surface area contributed by atoms with Crippen LogP contribution in [0, 0.1) is 0 Å². The molecule has 0 bridgehead atoms. The lowest BCUT2D eigenvalue weighted by atomic mass is 10.2. The molecule has 0 unspecified atom stereocenters. The van der Waals surface area contributed by atoms with Gasteiger partial charge in [-0.1, -0.05) is 0 Å². The summed E-state index contributed by atoms with van der Waals surface area (Å²) >= 11 is 0. The second-order valence-corrected chi connectivity index (χ2v) is 4.20. The van der Waals surface area contributed by atoms with Crippen LogP contribution in [-0.4, -0.2) is 48.8 Å². The number of aliphatic hydroxyl groups excluding tert-OH is 2. The number of anilines is 1. The van der Waals surface area contributed by atoms with Crippen LogP contribution in [0.5, 0.6) is 0 Å². The summed E-state index contributed by atoms with van der Waals surface area (Å²) in [5.41, 5.74) is 6.27. The highest BCUT2D eigenvalue weighted by Gasteiger charge is 2.35. The second kappa shape index (κ2) is 4.16. The number of hydrogen-bond donors (Lipinski definition) is 3. The molecule has 2 aromatic heterocycles. The van der Waals surface area contributed by atoms with Crippen molar-refractivity contribution >= 4 is 16.9 Å². The molecule has 8 heteroatoms. The zero-order valence-electron chi connectivity index (χ0n) is 9.47. The largest absolute Gasteiger partial charge is 0.394 e. The third kappa shape index (κ3) is 1.62. The zero-order chi connectivity index (χ0) is 12.7. The number of nitrogen functional groups attached to an aromatic ring is 1. The Hall–Kier alpha value is -1.77. The summed E-state index contributed by atoms with van der Waals surface area (Å²) in [5.74, 6) is 0.350. The quantitative estimate of drug-likeness (QED) is 0.629. The molecule has 1 saturated heterocycles. The molecule has 18 heavy (non-hydrogen) atoms. The van der Waals surface area contributed by atoms with Gasteiger partial charge < -0.3 is 20.7 Å². The number of ether oxygens (including phenoxy) is 1. The summed E-state index contributed by atoms with van der Waals surface area (Å²) in [5, 5.41) is 23.5. The lowest BCUT2D eigenvalue weighted by molar-refractivity contribution is -0.0470. The van der Waals surface area contributed by atoms with Crippen molar-refractivity contribution in [3.05, 3.63) is 12.5 Å². The molecule has 8 nitrogen and oxygen atoms in total. The number of aliphatic hydroxyl groups is 2. The molecule has 1 aliphatic rings. The maximum Gasteiger partial charge on any atom is 0.165 e. The molecule has 0 aliphatic carbocycles. The standard InChI is InChI=1S/C10H13N5O3/c11-9-5-2-14-15(10(5)13-4-12-9)8-1-6(17)7(3-16)18-8/h2,4,6-8,16-17H,1,3H2,(H2,11,12,13)/t6-,7-,8+/m0/s1. The predicted molar refractivity (Wildman–Crippen MR) is 61.4 cm³/mol. The van der Waals surface area contributed by atoms with Crippen LogP contribution >= 0.6 is 0 Å². The first kappa shape index (κ1) is 11.3. The van der Waals surface area contributed by atoms with E-state index in [1.54, 1.807) is 10.9 Å². The summed E-state index contributed by atoms with van der Waals surface area (Å²) < 4.78 is 7.06. The number of nitrogens with two attached hydrogens (primary N) is 1. The molecule has 0 saturated carbocycles. The van der Waals surface area contributed by atoms with E-state index >= 15 is 0 Å². The normalized spacial score (nSPS) is 28.0. The molecule has 96 valence electrons. The minimum atomic E-state index is -0.710. The van der Waals surface area contributed by atoms with Crippen LogP contribution in [0.15, 0.2) is 12.5 Å². The fraction of sp³-hybridized carbons (Fsp3) is 0.500. The molecule has 1 aliphatic heterocycles. The number of rotatable bonds is 2. The molecule has 1 fully saturated rings. The van der Waals surface area contributed by atoms with Gasteiger partial charge in [0.1, 0.15) is 18.2 Å².